The number of piperazine rings is 1. The van der Waals surface area contributed by atoms with Crippen LogP contribution in [0.3, 0.4) is 0 Å². The van der Waals surface area contributed by atoms with Crippen LogP contribution in [0.2, 0.25) is 0 Å². The van der Waals surface area contributed by atoms with Gasteiger partial charge in [0.25, 0.3) is 0 Å². The first-order valence-corrected chi connectivity index (χ1v) is 7.65. The molecule has 0 saturated carbocycles. The van der Waals surface area contributed by atoms with Crippen molar-refractivity contribution < 1.29 is 14.4 Å². The van der Waals surface area contributed by atoms with Gasteiger partial charge in [0, 0.05) is 50.5 Å². The van der Waals surface area contributed by atoms with E-state index >= 15 is 0 Å². The van der Waals surface area contributed by atoms with Crippen molar-refractivity contribution in [2.45, 2.75) is 6.92 Å². The topological polar surface area (TPSA) is 95.7 Å². The molecule has 0 unspecified atom stereocenters. The van der Waals surface area contributed by atoms with Gasteiger partial charge < -0.3 is 16.0 Å². The van der Waals surface area contributed by atoms with Crippen molar-refractivity contribution >= 4 is 23.3 Å². The highest BCUT2D eigenvalue weighted by Crippen LogP contribution is 2.12. The van der Waals surface area contributed by atoms with E-state index < -0.39 is 11.8 Å². The van der Waals surface area contributed by atoms with Crippen molar-refractivity contribution in [3.8, 4) is 0 Å². The van der Waals surface area contributed by atoms with Crippen LogP contribution in [0.4, 0.5) is 5.69 Å². The standard InChI is InChI=1S/C16H22N4O3/c1-12(21)13-3-2-4-14(11-13)18-15(22)16(23)20-9-7-19(6-5-17)8-10-20/h2-4,11H,5-10,17H2,1H3,(H,18,22). The molecular weight excluding hydrogens is 296 g/mol. The van der Waals surface area contributed by atoms with Crippen LogP contribution >= 0.6 is 0 Å². The Morgan fingerprint density at radius 2 is 1.87 bits per heavy atom. The first-order chi connectivity index (χ1) is 11.0. The minimum absolute atomic E-state index is 0.0940. The summed E-state index contributed by atoms with van der Waals surface area (Å²) in [6, 6.07) is 6.54. The van der Waals surface area contributed by atoms with E-state index in [1.54, 1.807) is 24.3 Å². The Balaban J connectivity index is 1.92. The molecule has 2 rings (SSSR count). The highest BCUT2D eigenvalue weighted by atomic mass is 16.2. The van der Waals surface area contributed by atoms with Crippen LogP contribution in [-0.2, 0) is 9.59 Å². The largest absolute Gasteiger partial charge is 0.332 e. The zero-order valence-corrected chi connectivity index (χ0v) is 13.2. The van der Waals surface area contributed by atoms with Gasteiger partial charge in [0.2, 0.25) is 0 Å². The average molecular weight is 318 g/mol. The second kappa shape index (κ2) is 7.85. The summed E-state index contributed by atoms with van der Waals surface area (Å²) in [5, 5.41) is 2.55. The molecule has 0 radical (unpaired) electrons. The first-order valence-electron chi connectivity index (χ1n) is 7.65. The maximum atomic E-state index is 12.2. The zero-order valence-electron chi connectivity index (χ0n) is 13.2. The second-order valence-electron chi connectivity index (χ2n) is 5.51. The second-order valence-corrected chi connectivity index (χ2v) is 5.51. The van der Waals surface area contributed by atoms with Crippen molar-refractivity contribution in [1.29, 1.82) is 0 Å². The number of nitrogens with two attached hydrogens (primary N) is 1. The number of rotatable bonds is 4. The van der Waals surface area contributed by atoms with Gasteiger partial charge in [-0.25, -0.2) is 0 Å². The van der Waals surface area contributed by atoms with Gasteiger partial charge in [0.1, 0.15) is 0 Å². The Bertz CT molecular complexity index is 595. The Labute approximate surface area is 135 Å². The van der Waals surface area contributed by atoms with Crippen molar-refractivity contribution in [1.82, 2.24) is 9.80 Å². The van der Waals surface area contributed by atoms with E-state index in [0.717, 1.165) is 19.6 Å². The van der Waals surface area contributed by atoms with E-state index in [9.17, 15) is 14.4 Å². The molecule has 1 aliphatic heterocycles. The van der Waals surface area contributed by atoms with Gasteiger partial charge in [-0.3, -0.25) is 19.3 Å². The number of anilines is 1. The van der Waals surface area contributed by atoms with E-state index in [1.165, 1.54) is 11.8 Å². The number of ketones is 1. The summed E-state index contributed by atoms with van der Waals surface area (Å²) in [6.45, 7) is 5.30. The zero-order chi connectivity index (χ0) is 16.8. The van der Waals surface area contributed by atoms with Gasteiger partial charge in [-0.1, -0.05) is 12.1 Å². The molecule has 124 valence electrons. The van der Waals surface area contributed by atoms with Crippen molar-refractivity contribution in [2.75, 3.05) is 44.6 Å². The maximum absolute atomic E-state index is 12.2. The van der Waals surface area contributed by atoms with E-state index in [0.29, 0.717) is 30.9 Å². The van der Waals surface area contributed by atoms with Crippen LogP contribution in [0.1, 0.15) is 17.3 Å². The summed E-state index contributed by atoms with van der Waals surface area (Å²) in [5.74, 6) is -1.33. The molecular formula is C16H22N4O3. The molecule has 0 aliphatic carbocycles. The van der Waals surface area contributed by atoms with E-state index in [1.807, 2.05) is 0 Å². The number of nitrogens with one attached hydrogen (secondary N) is 1. The van der Waals surface area contributed by atoms with Gasteiger partial charge in [0.15, 0.2) is 5.78 Å². The van der Waals surface area contributed by atoms with Gasteiger partial charge in [-0.05, 0) is 19.1 Å². The third kappa shape index (κ3) is 4.61. The van der Waals surface area contributed by atoms with E-state index in [2.05, 4.69) is 10.2 Å². The molecule has 0 aromatic heterocycles. The maximum Gasteiger partial charge on any atom is 0.313 e. The molecule has 1 aromatic rings. The van der Waals surface area contributed by atoms with Crippen molar-refractivity contribution in [3.63, 3.8) is 0 Å². The van der Waals surface area contributed by atoms with Crippen molar-refractivity contribution in [2.24, 2.45) is 5.73 Å². The number of nitrogens with zero attached hydrogens (tertiary/aromatic N) is 2. The van der Waals surface area contributed by atoms with Crippen LogP contribution in [0.25, 0.3) is 0 Å². The number of carbonyl (C=O) groups is 3. The number of hydrogen-bond donors (Lipinski definition) is 2. The summed E-state index contributed by atoms with van der Waals surface area (Å²) in [5.41, 5.74) is 6.44. The number of carbonyl (C=O) groups excluding carboxylic acids is 3. The molecule has 7 heteroatoms. The molecule has 1 aromatic carbocycles. The molecule has 0 bridgehead atoms. The smallest absolute Gasteiger partial charge is 0.313 e. The summed E-state index contributed by atoms with van der Waals surface area (Å²) >= 11 is 0. The van der Waals surface area contributed by atoms with Crippen LogP contribution in [0.15, 0.2) is 24.3 Å². The lowest BCUT2D eigenvalue weighted by atomic mass is 10.1. The summed E-state index contributed by atoms with van der Waals surface area (Å²) in [7, 11) is 0. The van der Waals surface area contributed by atoms with Crippen LogP contribution in [0.5, 0.6) is 0 Å². The average Bonchev–Trinajstić information content (AvgIpc) is 2.55. The highest BCUT2D eigenvalue weighted by molar-refractivity contribution is 6.39. The summed E-state index contributed by atoms with van der Waals surface area (Å²) in [6.07, 6.45) is 0. The lowest BCUT2D eigenvalue weighted by Gasteiger charge is -2.34. The van der Waals surface area contributed by atoms with Crippen molar-refractivity contribution in [3.05, 3.63) is 29.8 Å². The van der Waals surface area contributed by atoms with Crippen LogP contribution < -0.4 is 11.1 Å². The molecule has 1 heterocycles. The fourth-order valence-corrected chi connectivity index (χ4v) is 2.50. The van der Waals surface area contributed by atoms with Crippen LogP contribution in [-0.4, -0.2) is 66.7 Å². The molecule has 0 atom stereocenters. The van der Waals surface area contributed by atoms with E-state index in [-0.39, 0.29) is 5.78 Å². The minimum atomic E-state index is -0.682. The third-order valence-corrected chi connectivity index (χ3v) is 3.83. The molecule has 7 nitrogen and oxygen atoms in total. The number of hydrogen-bond acceptors (Lipinski definition) is 5. The predicted octanol–water partition coefficient (Wildman–Crippen LogP) is -0.0694. The molecule has 0 spiro atoms. The molecule has 1 aliphatic rings. The molecule has 3 N–H and O–H groups in total. The first kappa shape index (κ1) is 17.1. The van der Waals surface area contributed by atoms with Gasteiger partial charge in [-0.2, -0.15) is 0 Å². The summed E-state index contributed by atoms with van der Waals surface area (Å²) < 4.78 is 0. The summed E-state index contributed by atoms with van der Waals surface area (Å²) in [4.78, 5) is 39.3. The quantitative estimate of drug-likeness (QED) is 0.598. The number of Topliss-reactive ketones (excluding diaryl/α,β-unsaturated/α-hetero) is 1. The van der Waals surface area contributed by atoms with Crippen LogP contribution in [0, 0.1) is 0 Å². The fraction of sp³-hybridized carbons (Fsp3) is 0.438. The number of amides is 2. The Morgan fingerprint density at radius 3 is 2.48 bits per heavy atom. The van der Waals surface area contributed by atoms with E-state index in [4.69, 9.17) is 5.73 Å². The Morgan fingerprint density at radius 1 is 1.17 bits per heavy atom. The van der Waals surface area contributed by atoms with Gasteiger partial charge in [0.05, 0.1) is 0 Å². The predicted molar refractivity (Wildman–Crippen MR) is 87.2 cm³/mol. The molecule has 2 amide bonds. The van der Waals surface area contributed by atoms with Gasteiger partial charge in [-0.15, -0.1) is 0 Å². The molecule has 1 fully saturated rings. The van der Waals surface area contributed by atoms with Gasteiger partial charge >= 0.3 is 11.8 Å². The highest BCUT2D eigenvalue weighted by Gasteiger charge is 2.25. The lowest BCUT2D eigenvalue weighted by Crippen LogP contribution is -2.52. The minimum Gasteiger partial charge on any atom is -0.332 e. The normalized spacial score (nSPS) is 15.3. The number of benzene rings is 1. The lowest BCUT2D eigenvalue weighted by molar-refractivity contribution is -0.144. The molecule has 1 saturated heterocycles. The fourth-order valence-electron chi connectivity index (χ4n) is 2.50. The Kier molecular flexibility index (Phi) is 5.84. The Hall–Kier alpha value is -2.25. The SMILES string of the molecule is CC(=O)c1cccc(NC(=O)C(=O)N2CCN(CCN)CC2)c1. The monoisotopic (exact) mass is 318 g/mol. The third-order valence-electron chi connectivity index (χ3n) is 3.83. The molecule has 23 heavy (non-hydrogen) atoms.